The first-order valence-corrected chi connectivity index (χ1v) is 7.33. The molecule has 0 N–H and O–H groups in total. The summed E-state index contributed by atoms with van der Waals surface area (Å²) in [5, 5.41) is -0.226. The topological polar surface area (TPSA) is 38.7 Å². The van der Waals surface area contributed by atoms with Gasteiger partial charge in [0.15, 0.2) is 0 Å². The van der Waals surface area contributed by atoms with Gasteiger partial charge in [0.1, 0.15) is 26.7 Å². The molecule has 0 amide bonds. The van der Waals surface area contributed by atoms with Gasteiger partial charge in [0.2, 0.25) is 0 Å². The van der Waals surface area contributed by atoms with Crippen molar-refractivity contribution in [3.05, 3.63) is 40.7 Å². The van der Waals surface area contributed by atoms with Gasteiger partial charge in [0.25, 0.3) is 0 Å². The van der Waals surface area contributed by atoms with Crippen LogP contribution in [0.5, 0.6) is 0 Å². The van der Waals surface area contributed by atoms with E-state index in [1.807, 2.05) is 0 Å². The fourth-order valence-corrected chi connectivity index (χ4v) is 3.09. The van der Waals surface area contributed by atoms with Crippen LogP contribution in [-0.2, 0) is 12.4 Å². The van der Waals surface area contributed by atoms with Crippen molar-refractivity contribution in [3.8, 4) is 10.7 Å². The minimum atomic E-state index is -4.61. The Kier molecular flexibility index (Phi) is 3.91. The van der Waals surface area contributed by atoms with Crippen LogP contribution in [0.4, 0.5) is 26.3 Å². The molecule has 0 aliphatic rings. The summed E-state index contributed by atoms with van der Waals surface area (Å²) in [6.07, 6.45) is -8.63. The van der Waals surface area contributed by atoms with E-state index in [2.05, 4.69) is 15.0 Å². The Bertz CT molecular complexity index is 918. The van der Waals surface area contributed by atoms with E-state index in [0.29, 0.717) is 12.3 Å². The van der Waals surface area contributed by atoms with E-state index < -0.39 is 23.6 Å². The van der Waals surface area contributed by atoms with E-state index >= 15 is 0 Å². The number of thiazole rings is 1. The van der Waals surface area contributed by atoms with Crippen molar-refractivity contribution >= 4 is 33.3 Å². The number of hydrogen-bond acceptors (Lipinski definition) is 4. The van der Waals surface area contributed by atoms with Crippen LogP contribution in [0.2, 0.25) is 5.02 Å². The molecule has 3 rings (SSSR count). The van der Waals surface area contributed by atoms with E-state index in [4.69, 9.17) is 11.6 Å². The average molecular weight is 384 g/mol. The lowest BCUT2D eigenvalue weighted by molar-refractivity contribution is -0.141. The maximum absolute atomic E-state index is 12.6. The zero-order valence-corrected chi connectivity index (χ0v) is 12.8. The van der Waals surface area contributed by atoms with Gasteiger partial charge in [-0.1, -0.05) is 22.9 Å². The number of halogens is 7. The van der Waals surface area contributed by atoms with Crippen molar-refractivity contribution in [1.29, 1.82) is 0 Å². The Balaban J connectivity index is 2.07. The molecule has 3 heterocycles. The van der Waals surface area contributed by atoms with E-state index in [1.54, 1.807) is 0 Å². The molecule has 3 nitrogen and oxygen atoms in total. The molecule has 126 valence electrons. The summed E-state index contributed by atoms with van der Waals surface area (Å²) >= 11 is 6.56. The van der Waals surface area contributed by atoms with E-state index in [-0.39, 0.29) is 26.1 Å². The molecule has 0 unspecified atom stereocenters. The molecule has 0 aromatic carbocycles. The van der Waals surface area contributed by atoms with Gasteiger partial charge in [-0.3, -0.25) is 4.98 Å². The highest BCUT2D eigenvalue weighted by molar-refractivity contribution is 7.21. The molecule has 24 heavy (non-hydrogen) atoms. The number of nitrogens with zero attached hydrogens (tertiary/aromatic N) is 3. The summed E-state index contributed by atoms with van der Waals surface area (Å²) in [4.78, 5) is 11.1. The van der Waals surface area contributed by atoms with Crippen molar-refractivity contribution in [2.24, 2.45) is 0 Å². The number of hydrogen-bond donors (Lipinski definition) is 0. The van der Waals surface area contributed by atoms with E-state index in [0.717, 1.165) is 23.5 Å². The molecule has 0 fully saturated rings. The molecule has 0 atom stereocenters. The molecule has 0 aliphatic carbocycles. The van der Waals surface area contributed by atoms with Gasteiger partial charge in [-0.05, 0) is 18.2 Å². The Hall–Kier alpha value is -1.94. The number of alkyl halides is 6. The normalized spacial score (nSPS) is 12.8. The minimum Gasteiger partial charge on any atom is -0.252 e. The number of fused-ring (bicyclic) bond motifs is 1. The zero-order chi connectivity index (χ0) is 17.7. The van der Waals surface area contributed by atoms with Crippen LogP contribution in [0.1, 0.15) is 11.3 Å². The number of rotatable bonds is 1. The van der Waals surface area contributed by atoms with Gasteiger partial charge < -0.3 is 0 Å². The van der Waals surface area contributed by atoms with E-state index in [9.17, 15) is 26.3 Å². The molecule has 0 saturated heterocycles. The fourth-order valence-electron chi connectivity index (χ4n) is 1.83. The molecular weight excluding hydrogens is 380 g/mol. The minimum absolute atomic E-state index is 0.0161. The lowest BCUT2D eigenvalue weighted by Gasteiger charge is -2.07. The molecule has 0 spiro atoms. The fraction of sp³-hybridized carbons (Fsp3) is 0.154. The Morgan fingerprint density at radius 2 is 1.67 bits per heavy atom. The zero-order valence-electron chi connectivity index (χ0n) is 11.2. The van der Waals surface area contributed by atoms with Crippen LogP contribution in [0, 0.1) is 0 Å². The first-order valence-electron chi connectivity index (χ1n) is 6.13. The molecule has 0 saturated carbocycles. The van der Waals surface area contributed by atoms with Gasteiger partial charge in [-0.2, -0.15) is 26.3 Å². The van der Waals surface area contributed by atoms with Crippen molar-refractivity contribution in [2.45, 2.75) is 12.4 Å². The maximum atomic E-state index is 12.6. The molecule has 11 heteroatoms. The molecule has 0 radical (unpaired) electrons. The molecule has 3 aromatic heterocycles. The quantitative estimate of drug-likeness (QED) is 0.525. The summed E-state index contributed by atoms with van der Waals surface area (Å²) in [5.41, 5.74) is -2.01. The third kappa shape index (κ3) is 3.16. The Labute approximate surface area is 138 Å². The second-order valence-corrected chi connectivity index (χ2v) is 5.97. The van der Waals surface area contributed by atoms with Gasteiger partial charge in [0.05, 0.1) is 10.6 Å². The van der Waals surface area contributed by atoms with Crippen molar-refractivity contribution in [3.63, 3.8) is 0 Å². The van der Waals surface area contributed by atoms with Crippen LogP contribution in [0.15, 0.2) is 24.4 Å². The number of pyridine rings is 2. The summed E-state index contributed by atoms with van der Waals surface area (Å²) in [6, 6.07) is 2.58. The Morgan fingerprint density at radius 3 is 2.25 bits per heavy atom. The molecule has 3 aromatic rings. The first-order chi connectivity index (χ1) is 11.1. The van der Waals surface area contributed by atoms with Crippen LogP contribution in [0.25, 0.3) is 21.0 Å². The predicted octanol–water partition coefficient (Wildman–Crippen LogP) is 5.44. The second-order valence-electron chi connectivity index (χ2n) is 4.59. The smallest absolute Gasteiger partial charge is 0.252 e. The molecule has 0 aliphatic heterocycles. The largest absolute Gasteiger partial charge is 0.433 e. The van der Waals surface area contributed by atoms with Crippen LogP contribution >= 0.6 is 22.9 Å². The summed E-state index contributed by atoms with van der Waals surface area (Å²) in [6.45, 7) is 0. The van der Waals surface area contributed by atoms with Gasteiger partial charge in [0, 0.05) is 6.20 Å². The SMILES string of the molecule is FC(F)(F)c1cnc(-c2nc3ccc(C(F)(F)F)nc3s2)c(Cl)c1. The van der Waals surface area contributed by atoms with Gasteiger partial charge in [-0.15, -0.1) is 0 Å². The van der Waals surface area contributed by atoms with Gasteiger partial charge in [-0.25, -0.2) is 9.97 Å². The third-order valence-corrected chi connectivity index (χ3v) is 4.18. The number of aromatic nitrogens is 3. The summed E-state index contributed by atoms with van der Waals surface area (Å²) < 4.78 is 75.7. The lowest BCUT2D eigenvalue weighted by Crippen LogP contribution is -2.06. The lowest BCUT2D eigenvalue weighted by atomic mass is 10.2. The summed E-state index contributed by atoms with van der Waals surface area (Å²) in [7, 11) is 0. The second kappa shape index (κ2) is 5.55. The van der Waals surface area contributed by atoms with Gasteiger partial charge >= 0.3 is 12.4 Å². The maximum Gasteiger partial charge on any atom is 0.433 e. The summed E-state index contributed by atoms with van der Waals surface area (Å²) in [5.74, 6) is 0. The Morgan fingerprint density at radius 1 is 0.958 bits per heavy atom. The predicted molar refractivity (Wildman–Crippen MR) is 75.7 cm³/mol. The molecule has 0 bridgehead atoms. The monoisotopic (exact) mass is 383 g/mol. The highest BCUT2D eigenvalue weighted by atomic mass is 35.5. The van der Waals surface area contributed by atoms with Crippen molar-refractivity contribution in [1.82, 2.24) is 15.0 Å². The third-order valence-electron chi connectivity index (χ3n) is 2.92. The standard InChI is InChI=1S/C13H4ClF6N3S/c14-6-3-5(12(15,16)17)4-21-9(6)11-22-7-1-2-8(13(18,19)20)23-10(7)24-11/h1-4H. The average Bonchev–Trinajstić information content (AvgIpc) is 2.87. The molecular formula is C13H4ClF6N3S. The first kappa shape index (κ1) is 16.9. The highest BCUT2D eigenvalue weighted by Crippen LogP contribution is 2.37. The van der Waals surface area contributed by atoms with Crippen LogP contribution in [-0.4, -0.2) is 15.0 Å². The van der Waals surface area contributed by atoms with E-state index in [1.165, 1.54) is 0 Å². The van der Waals surface area contributed by atoms with Crippen LogP contribution in [0.3, 0.4) is 0 Å². The highest BCUT2D eigenvalue weighted by Gasteiger charge is 2.33. The van der Waals surface area contributed by atoms with Crippen molar-refractivity contribution in [2.75, 3.05) is 0 Å². The van der Waals surface area contributed by atoms with Crippen molar-refractivity contribution < 1.29 is 26.3 Å². The van der Waals surface area contributed by atoms with Crippen LogP contribution < -0.4 is 0 Å².